The number of Topliss-reactive ketones (excluding diaryl/α,β-unsaturated/α-hetero) is 1. The summed E-state index contributed by atoms with van der Waals surface area (Å²) in [6, 6.07) is 15.1. The second-order valence-corrected chi connectivity index (χ2v) is 10.3. The third-order valence-electron chi connectivity index (χ3n) is 6.38. The number of carbonyl (C=O) groups excluding carboxylic acids is 3. The van der Waals surface area contributed by atoms with Crippen LogP contribution in [0, 0.1) is 12.8 Å². The Labute approximate surface area is 233 Å². The molecular formula is C29H23ClN2O6S. The number of anilines is 1. The van der Waals surface area contributed by atoms with E-state index in [-0.39, 0.29) is 15.6 Å². The zero-order chi connectivity index (χ0) is 27.7. The number of methoxy groups -OCH3 is 1. The fourth-order valence-corrected chi connectivity index (χ4v) is 5.67. The first-order valence-electron chi connectivity index (χ1n) is 12.0. The summed E-state index contributed by atoms with van der Waals surface area (Å²) in [5, 5.41) is 11.7. The molecule has 10 heteroatoms. The largest absolute Gasteiger partial charge is 0.503 e. The first kappa shape index (κ1) is 26.4. The van der Waals surface area contributed by atoms with Gasteiger partial charge in [-0.2, -0.15) is 0 Å². The van der Waals surface area contributed by atoms with Gasteiger partial charge in [0, 0.05) is 11.0 Å². The molecule has 2 aromatic carbocycles. The number of ketones is 1. The number of thiazole rings is 1. The summed E-state index contributed by atoms with van der Waals surface area (Å²) < 4.78 is 10.8. The molecule has 1 aliphatic carbocycles. The summed E-state index contributed by atoms with van der Waals surface area (Å²) in [6.07, 6.45) is 5.32. The topological polar surface area (TPSA) is 106 Å². The van der Waals surface area contributed by atoms with Crippen LogP contribution in [-0.2, 0) is 14.3 Å². The molecule has 1 aromatic heterocycles. The van der Waals surface area contributed by atoms with Crippen LogP contribution in [-0.4, -0.2) is 34.9 Å². The predicted octanol–water partition coefficient (Wildman–Crippen LogP) is 6.20. The number of nitrogens with zero attached hydrogens (tertiary/aromatic N) is 2. The van der Waals surface area contributed by atoms with Crippen LogP contribution in [0.5, 0.6) is 11.5 Å². The van der Waals surface area contributed by atoms with E-state index in [1.807, 2.05) is 18.2 Å². The van der Waals surface area contributed by atoms with Crippen LogP contribution >= 0.6 is 22.9 Å². The van der Waals surface area contributed by atoms with Crippen LogP contribution in [0.3, 0.4) is 0 Å². The number of esters is 1. The predicted molar refractivity (Wildman–Crippen MR) is 147 cm³/mol. The number of halogens is 1. The minimum absolute atomic E-state index is 0.0644. The van der Waals surface area contributed by atoms with Gasteiger partial charge in [0.2, 0.25) is 0 Å². The molecule has 3 aromatic rings. The number of aliphatic hydroxyl groups is 1. The SMILES string of the molecule is COC(=O)c1sc(N2C(=O)C(O)=C(C(=O)C3C=CC(Cl)=CC3)C2c2cccc(Oc3ccccc3)c2)nc1C. The molecule has 2 aliphatic rings. The van der Waals surface area contributed by atoms with Crippen molar-refractivity contribution in [1.29, 1.82) is 0 Å². The zero-order valence-electron chi connectivity index (χ0n) is 21.0. The van der Waals surface area contributed by atoms with E-state index < -0.39 is 35.4 Å². The Kier molecular flexibility index (Phi) is 7.36. The maximum atomic E-state index is 13.8. The van der Waals surface area contributed by atoms with Gasteiger partial charge in [-0.15, -0.1) is 0 Å². The average molecular weight is 563 g/mol. The van der Waals surface area contributed by atoms with Gasteiger partial charge in [-0.1, -0.05) is 65.4 Å². The number of allylic oxidation sites excluding steroid dienone is 4. The van der Waals surface area contributed by atoms with Crippen molar-refractivity contribution in [3.05, 3.63) is 105 Å². The van der Waals surface area contributed by atoms with E-state index in [4.69, 9.17) is 21.1 Å². The number of aliphatic hydroxyl groups excluding tert-OH is 1. The van der Waals surface area contributed by atoms with Crippen molar-refractivity contribution in [2.24, 2.45) is 5.92 Å². The van der Waals surface area contributed by atoms with Crippen LogP contribution in [0.2, 0.25) is 0 Å². The number of carbonyl (C=O) groups is 3. The number of aromatic nitrogens is 1. The Morgan fingerprint density at radius 2 is 1.87 bits per heavy atom. The fourth-order valence-electron chi connectivity index (χ4n) is 4.50. The average Bonchev–Trinajstić information content (AvgIpc) is 3.45. The maximum Gasteiger partial charge on any atom is 0.350 e. The Hall–Kier alpha value is -4.21. The van der Waals surface area contributed by atoms with E-state index in [0.717, 1.165) is 11.3 Å². The van der Waals surface area contributed by atoms with Crippen LogP contribution in [0.1, 0.15) is 33.4 Å². The molecule has 8 nitrogen and oxygen atoms in total. The first-order chi connectivity index (χ1) is 18.8. The van der Waals surface area contributed by atoms with Gasteiger partial charge in [0.15, 0.2) is 16.7 Å². The number of aryl methyl sites for hydroxylation is 1. The Morgan fingerprint density at radius 3 is 2.56 bits per heavy atom. The minimum Gasteiger partial charge on any atom is -0.503 e. The van der Waals surface area contributed by atoms with E-state index in [1.54, 1.807) is 61.5 Å². The molecule has 0 saturated carbocycles. The van der Waals surface area contributed by atoms with E-state index in [2.05, 4.69) is 4.98 Å². The number of ether oxygens (including phenoxy) is 2. The van der Waals surface area contributed by atoms with Gasteiger partial charge in [0.25, 0.3) is 5.91 Å². The number of hydrogen-bond donors (Lipinski definition) is 1. The minimum atomic E-state index is -1.02. The smallest absolute Gasteiger partial charge is 0.350 e. The highest BCUT2D eigenvalue weighted by molar-refractivity contribution is 7.17. The first-order valence-corrected chi connectivity index (χ1v) is 13.2. The lowest BCUT2D eigenvalue weighted by Crippen LogP contribution is -2.31. The molecule has 2 unspecified atom stereocenters. The van der Waals surface area contributed by atoms with E-state index in [1.165, 1.54) is 12.0 Å². The van der Waals surface area contributed by atoms with E-state index in [0.29, 0.717) is 34.2 Å². The Morgan fingerprint density at radius 1 is 1.13 bits per heavy atom. The normalized spacial score (nSPS) is 18.8. The Bertz CT molecular complexity index is 1560. The van der Waals surface area contributed by atoms with Crippen LogP contribution in [0.4, 0.5) is 5.13 Å². The van der Waals surface area contributed by atoms with Crippen molar-refractivity contribution < 1.29 is 29.0 Å². The molecule has 2 atom stereocenters. The molecule has 1 amide bonds. The summed E-state index contributed by atoms with van der Waals surface area (Å²) in [6.45, 7) is 1.62. The third-order valence-corrected chi connectivity index (χ3v) is 7.80. The molecule has 1 N–H and O–H groups in total. The van der Waals surface area contributed by atoms with Crippen LogP contribution in [0.25, 0.3) is 0 Å². The van der Waals surface area contributed by atoms with Gasteiger partial charge >= 0.3 is 5.97 Å². The number of para-hydroxylation sites is 1. The molecule has 0 fully saturated rings. The number of hydrogen-bond acceptors (Lipinski definition) is 8. The van der Waals surface area contributed by atoms with Crippen molar-refractivity contribution in [2.45, 2.75) is 19.4 Å². The molecule has 0 bridgehead atoms. The highest BCUT2D eigenvalue weighted by atomic mass is 35.5. The lowest BCUT2D eigenvalue weighted by atomic mass is 9.86. The van der Waals surface area contributed by atoms with Crippen LogP contribution in [0.15, 0.2) is 89.2 Å². The molecule has 39 heavy (non-hydrogen) atoms. The second kappa shape index (κ2) is 10.9. The number of benzene rings is 2. The Balaban J connectivity index is 1.60. The van der Waals surface area contributed by atoms with Crippen molar-refractivity contribution in [3.8, 4) is 11.5 Å². The zero-order valence-corrected chi connectivity index (χ0v) is 22.5. The highest BCUT2D eigenvalue weighted by Crippen LogP contribution is 2.45. The van der Waals surface area contributed by atoms with Gasteiger partial charge in [0.05, 0.1) is 24.4 Å². The van der Waals surface area contributed by atoms with Crippen molar-refractivity contribution in [1.82, 2.24) is 4.98 Å². The third kappa shape index (κ3) is 5.10. The van der Waals surface area contributed by atoms with Crippen LogP contribution < -0.4 is 9.64 Å². The molecule has 1 aliphatic heterocycles. The second-order valence-electron chi connectivity index (χ2n) is 8.88. The van der Waals surface area contributed by atoms with Crippen molar-refractivity contribution in [3.63, 3.8) is 0 Å². The molecule has 0 saturated heterocycles. The van der Waals surface area contributed by atoms with Gasteiger partial charge in [-0.25, -0.2) is 9.78 Å². The monoisotopic (exact) mass is 562 g/mol. The summed E-state index contributed by atoms with van der Waals surface area (Å²) >= 11 is 6.99. The van der Waals surface area contributed by atoms with Gasteiger partial charge < -0.3 is 14.6 Å². The van der Waals surface area contributed by atoms with E-state index in [9.17, 15) is 19.5 Å². The summed E-state index contributed by atoms with van der Waals surface area (Å²) in [7, 11) is 1.26. The van der Waals surface area contributed by atoms with Crippen molar-refractivity contribution >= 4 is 45.7 Å². The summed E-state index contributed by atoms with van der Waals surface area (Å²) in [5.74, 6) is -2.01. The lowest BCUT2D eigenvalue weighted by Gasteiger charge is -2.26. The number of amides is 1. The fraction of sp³-hybridized carbons (Fsp3) is 0.172. The highest BCUT2D eigenvalue weighted by Gasteiger charge is 2.47. The van der Waals surface area contributed by atoms with Crippen molar-refractivity contribution in [2.75, 3.05) is 12.0 Å². The standard InChI is InChI=1S/C29H23ClN2O6S/c1-16-26(28(36)37-2)39-29(31-16)32-23(18-7-6-10-21(15-18)38-20-8-4-3-5-9-20)22(25(34)27(32)35)24(33)17-11-13-19(30)14-12-17/h3-11,13-15,17,23,34H,12H2,1-2H3. The lowest BCUT2D eigenvalue weighted by molar-refractivity contribution is -0.119. The molecule has 5 rings (SSSR count). The molecule has 0 spiro atoms. The molecule has 198 valence electrons. The summed E-state index contributed by atoms with van der Waals surface area (Å²) in [4.78, 5) is 45.5. The quantitative estimate of drug-likeness (QED) is 0.342. The molecule has 0 radical (unpaired) electrons. The summed E-state index contributed by atoms with van der Waals surface area (Å²) in [5.41, 5.74) is 0.819. The van der Waals surface area contributed by atoms with Gasteiger partial charge in [-0.05, 0) is 49.2 Å². The van der Waals surface area contributed by atoms with Gasteiger partial charge in [-0.3, -0.25) is 14.5 Å². The van der Waals surface area contributed by atoms with Gasteiger partial charge in [0.1, 0.15) is 16.4 Å². The molecule has 2 heterocycles. The number of rotatable bonds is 7. The van der Waals surface area contributed by atoms with E-state index >= 15 is 0 Å². The molecular weight excluding hydrogens is 540 g/mol. The maximum absolute atomic E-state index is 13.8.